The predicted molar refractivity (Wildman–Crippen MR) is 136 cm³/mol. The van der Waals surface area contributed by atoms with Crippen LogP contribution >= 0.6 is 24.0 Å². The van der Waals surface area contributed by atoms with Crippen LogP contribution in [0, 0.1) is 0 Å². The van der Waals surface area contributed by atoms with Crippen LogP contribution < -0.4 is 14.9 Å². The van der Waals surface area contributed by atoms with Crippen molar-refractivity contribution in [1.82, 2.24) is 15.5 Å². The van der Waals surface area contributed by atoms with Gasteiger partial charge in [0.2, 0.25) is 10.0 Å². The van der Waals surface area contributed by atoms with Gasteiger partial charge in [0.15, 0.2) is 5.96 Å². The molecule has 2 aliphatic heterocycles. The van der Waals surface area contributed by atoms with Crippen LogP contribution in [0.3, 0.4) is 0 Å². The Morgan fingerprint density at radius 3 is 2.47 bits per heavy atom. The summed E-state index contributed by atoms with van der Waals surface area (Å²) < 4.78 is 27.0. The number of hydrogen-bond donors (Lipinski definition) is 2. The van der Waals surface area contributed by atoms with E-state index in [1.54, 1.807) is 11.4 Å². The minimum atomic E-state index is -3.34. The summed E-state index contributed by atoms with van der Waals surface area (Å²) in [5.74, 6) is 0.716. The first-order valence-corrected chi connectivity index (χ1v) is 12.5. The second kappa shape index (κ2) is 12.7. The van der Waals surface area contributed by atoms with Crippen molar-refractivity contribution in [3.63, 3.8) is 0 Å². The third-order valence-electron chi connectivity index (χ3n) is 5.70. The molecule has 30 heavy (non-hydrogen) atoms. The third-order valence-corrected chi connectivity index (χ3v) is 7.47. The van der Waals surface area contributed by atoms with Crippen LogP contribution in [0.2, 0.25) is 0 Å². The first kappa shape index (κ1) is 25.2. The Morgan fingerprint density at radius 1 is 1.03 bits per heavy atom. The van der Waals surface area contributed by atoms with Gasteiger partial charge in [0.1, 0.15) is 0 Å². The molecule has 0 unspecified atom stereocenters. The number of sulfonamides is 1. The lowest BCUT2D eigenvalue weighted by molar-refractivity contribution is 0.282. The van der Waals surface area contributed by atoms with Crippen LogP contribution in [0.15, 0.2) is 29.3 Å². The number of guanidine groups is 1. The van der Waals surface area contributed by atoms with E-state index in [-0.39, 0.29) is 29.7 Å². The van der Waals surface area contributed by atoms with Crippen molar-refractivity contribution in [3.8, 4) is 0 Å². The van der Waals surface area contributed by atoms with Gasteiger partial charge < -0.3 is 15.5 Å². The van der Waals surface area contributed by atoms with E-state index in [9.17, 15) is 8.42 Å². The smallest absolute Gasteiger partial charge is 0.236 e. The Kier molecular flexibility index (Phi) is 10.7. The van der Waals surface area contributed by atoms with E-state index in [2.05, 4.69) is 20.5 Å². The summed E-state index contributed by atoms with van der Waals surface area (Å²) in [6.45, 7) is 5.24. The van der Waals surface area contributed by atoms with Crippen LogP contribution in [0.4, 0.5) is 5.69 Å². The lowest BCUT2D eigenvalue weighted by Crippen LogP contribution is -2.42. The minimum absolute atomic E-state index is 0. The van der Waals surface area contributed by atoms with Crippen LogP contribution in [0.25, 0.3) is 0 Å². The van der Waals surface area contributed by atoms with Crippen molar-refractivity contribution in [2.75, 3.05) is 56.4 Å². The highest BCUT2D eigenvalue weighted by Crippen LogP contribution is 2.29. The Bertz CT molecular complexity index is 779. The number of anilines is 1. The van der Waals surface area contributed by atoms with E-state index in [1.807, 2.05) is 24.3 Å². The van der Waals surface area contributed by atoms with E-state index in [0.717, 1.165) is 37.2 Å². The molecular formula is C21H36IN5O2S. The average Bonchev–Trinajstić information content (AvgIpc) is 3.00. The molecule has 2 heterocycles. The van der Waals surface area contributed by atoms with Gasteiger partial charge in [-0.3, -0.25) is 9.30 Å². The van der Waals surface area contributed by atoms with Gasteiger partial charge in [-0.25, -0.2) is 8.42 Å². The summed E-state index contributed by atoms with van der Waals surface area (Å²) in [4.78, 5) is 6.76. The molecule has 0 spiro atoms. The summed E-state index contributed by atoms with van der Waals surface area (Å²) >= 11 is 0. The predicted octanol–water partition coefficient (Wildman–Crippen LogP) is 2.43. The largest absolute Gasteiger partial charge is 0.356 e. The first-order chi connectivity index (χ1) is 14.1. The highest BCUT2D eigenvalue weighted by molar-refractivity contribution is 14.0. The van der Waals surface area contributed by atoms with Crippen molar-refractivity contribution in [1.29, 1.82) is 0 Å². The highest BCUT2D eigenvalue weighted by Gasteiger charge is 2.28. The second-order valence-corrected chi connectivity index (χ2v) is 9.81. The molecule has 3 rings (SSSR count). The summed E-state index contributed by atoms with van der Waals surface area (Å²) in [5.41, 5.74) is 1.93. The summed E-state index contributed by atoms with van der Waals surface area (Å²) in [5, 5.41) is 6.44. The maximum atomic E-state index is 12.7. The fourth-order valence-electron chi connectivity index (χ4n) is 4.10. The summed E-state index contributed by atoms with van der Waals surface area (Å²) in [6, 6.07) is 7.74. The number of fused-ring (bicyclic) bond motifs is 1. The molecule has 0 saturated carbocycles. The molecule has 9 heteroatoms. The van der Waals surface area contributed by atoms with Gasteiger partial charge in [-0.1, -0.05) is 31.0 Å². The number of benzene rings is 1. The number of halogens is 1. The highest BCUT2D eigenvalue weighted by atomic mass is 127. The van der Waals surface area contributed by atoms with Gasteiger partial charge in [0.05, 0.1) is 11.4 Å². The topological polar surface area (TPSA) is 77.0 Å². The zero-order valence-electron chi connectivity index (χ0n) is 18.0. The second-order valence-electron chi connectivity index (χ2n) is 7.80. The zero-order valence-corrected chi connectivity index (χ0v) is 21.1. The average molecular weight is 550 g/mol. The Labute approximate surface area is 198 Å². The Hall–Kier alpha value is -1.07. The monoisotopic (exact) mass is 549 g/mol. The standard InChI is InChI=1S/C21H35N5O2S.HI/c1-22-21(23-12-8-16-25-14-6-2-3-7-15-25)24-13-18-29(27,28)26-17-11-19-9-4-5-10-20(19)26;/h4-5,9-10H,2-3,6-8,11-18H2,1H3,(H2,22,23,24);1H. The number of hydrogen-bond acceptors (Lipinski definition) is 4. The number of aliphatic imine (C=N–C) groups is 1. The molecule has 0 aliphatic carbocycles. The fourth-order valence-corrected chi connectivity index (χ4v) is 5.52. The summed E-state index contributed by atoms with van der Waals surface area (Å²) in [7, 11) is -1.62. The first-order valence-electron chi connectivity index (χ1n) is 10.9. The van der Waals surface area contributed by atoms with E-state index in [0.29, 0.717) is 19.0 Å². The van der Waals surface area contributed by atoms with Crippen molar-refractivity contribution in [2.45, 2.75) is 38.5 Å². The zero-order chi connectivity index (χ0) is 20.5. The van der Waals surface area contributed by atoms with Gasteiger partial charge in [-0.05, 0) is 56.9 Å². The molecule has 1 aromatic carbocycles. The van der Waals surface area contributed by atoms with Gasteiger partial charge in [0.25, 0.3) is 0 Å². The lowest BCUT2D eigenvalue weighted by Gasteiger charge is -2.21. The molecule has 1 aromatic rings. The number of nitrogens with zero attached hydrogens (tertiary/aromatic N) is 3. The molecule has 2 N–H and O–H groups in total. The molecule has 170 valence electrons. The third kappa shape index (κ3) is 7.26. The molecule has 0 aromatic heterocycles. The Morgan fingerprint density at radius 2 is 1.73 bits per heavy atom. The van der Waals surface area contributed by atoms with Gasteiger partial charge >= 0.3 is 0 Å². The van der Waals surface area contributed by atoms with Crippen molar-refractivity contribution in [3.05, 3.63) is 29.8 Å². The van der Waals surface area contributed by atoms with Crippen LogP contribution in [-0.2, 0) is 16.4 Å². The van der Waals surface area contributed by atoms with Crippen molar-refractivity contribution in [2.24, 2.45) is 4.99 Å². The molecule has 1 saturated heterocycles. The minimum Gasteiger partial charge on any atom is -0.356 e. The van der Waals surface area contributed by atoms with Gasteiger partial charge in [-0.2, -0.15) is 0 Å². The molecule has 0 amide bonds. The molecule has 0 radical (unpaired) electrons. The van der Waals surface area contributed by atoms with Crippen molar-refractivity contribution < 1.29 is 8.42 Å². The van der Waals surface area contributed by atoms with Crippen molar-refractivity contribution >= 4 is 45.6 Å². The SMILES string of the molecule is CN=C(NCCCN1CCCCCC1)NCCS(=O)(=O)N1CCc2ccccc21.I. The van der Waals surface area contributed by atoms with Gasteiger partial charge in [0, 0.05) is 26.7 Å². The number of likely N-dealkylation sites (tertiary alicyclic amines) is 1. The fraction of sp³-hybridized carbons (Fsp3) is 0.667. The van der Waals surface area contributed by atoms with E-state index >= 15 is 0 Å². The molecule has 7 nitrogen and oxygen atoms in total. The molecule has 0 bridgehead atoms. The number of rotatable bonds is 8. The normalized spacial score (nSPS) is 17.8. The van der Waals surface area contributed by atoms with Crippen LogP contribution in [0.5, 0.6) is 0 Å². The van der Waals surface area contributed by atoms with E-state index < -0.39 is 10.0 Å². The molecular weight excluding hydrogens is 513 g/mol. The summed E-state index contributed by atoms with van der Waals surface area (Å²) in [6.07, 6.45) is 7.18. The number of nitrogens with one attached hydrogen (secondary N) is 2. The number of para-hydroxylation sites is 1. The van der Waals surface area contributed by atoms with Crippen LogP contribution in [0.1, 0.15) is 37.7 Å². The lowest BCUT2D eigenvalue weighted by atomic mass is 10.2. The van der Waals surface area contributed by atoms with Gasteiger partial charge in [-0.15, -0.1) is 24.0 Å². The molecule has 0 atom stereocenters. The van der Waals surface area contributed by atoms with E-state index in [4.69, 9.17) is 0 Å². The molecule has 2 aliphatic rings. The van der Waals surface area contributed by atoms with E-state index in [1.165, 1.54) is 38.8 Å². The quantitative estimate of drug-likeness (QED) is 0.226. The maximum Gasteiger partial charge on any atom is 0.236 e. The van der Waals surface area contributed by atoms with Crippen LogP contribution in [-0.4, -0.2) is 71.3 Å². The maximum absolute atomic E-state index is 12.7. The molecule has 1 fully saturated rings. The Balaban J connectivity index is 0.00000320.